The number of aromatic nitrogens is 2. The molecule has 0 amide bonds. The van der Waals surface area contributed by atoms with E-state index in [9.17, 15) is 0 Å². The van der Waals surface area contributed by atoms with E-state index < -0.39 is 0 Å². The van der Waals surface area contributed by atoms with E-state index in [1.54, 1.807) is 0 Å². The number of nitrogens with zero attached hydrogens (tertiary/aromatic N) is 3. The van der Waals surface area contributed by atoms with E-state index in [1.165, 1.54) is 38.7 Å². The van der Waals surface area contributed by atoms with Crippen LogP contribution in [0.4, 0.5) is 5.69 Å². The van der Waals surface area contributed by atoms with Crippen LogP contribution in [0.2, 0.25) is 0 Å². The van der Waals surface area contributed by atoms with E-state index >= 15 is 0 Å². The van der Waals surface area contributed by atoms with Crippen LogP contribution in [0, 0.1) is 0 Å². The minimum Gasteiger partial charge on any atom is -0.372 e. The summed E-state index contributed by atoms with van der Waals surface area (Å²) in [6.07, 6.45) is 2.23. The first kappa shape index (κ1) is 15.2. The molecule has 3 nitrogen and oxygen atoms in total. The molecule has 0 saturated heterocycles. The Morgan fingerprint density at radius 2 is 1.65 bits per heavy atom. The molecule has 2 aromatic carbocycles. The largest absolute Gasteiger partial charge is 0.372 e. The van der Waals surface area contributed by atoms with Gasteiger partial charge in [-0.3, -0.25) is 0 Å². The fraction of sp³-hybridized carbons (Fsp3) is 0.174. The number of rotatable bonds is 3. The second-order valence-electron chi connectivity index (χ2n) is 6.76. The van der Waals surface area contributed by atoms with Crippen molar-refractivity contribution in [3.8, 4) is 0 Å². The van der Waals surface area contributed by atoms with Crippen LogP contribution in [0.3, 0.4) is 0 Å². The van der Waals surface area contributed by atoms with Crippen LogP contribution in [0.25, 0.3) is 33.0 Å². The molecule has 0 fully saturated rings. The molecule has 0 aliphatic heterocycles. The zero-order valence-corrected chi connectivity index (χ0v) is 15.2. The number of para-hydroxylation sites is 1. The zero-order valence-electron chi connectivity index (χ0n) is 15.2. The average molecular weight is 340 g/mol. The molecule has 0 bridgehead atoms. The molecule has 0 spiro atoms. The highest BCUT2D eigenvalue weighted by Gasteiger charge is 2.17. The monoisotopic (exact) mass is 340 g/mol. The first-order valence-corrected chi connectivity index (χ1v) is 9.32. The van der Waals surface area contributed by atoms with Crippen LogP contribution in [0.15, 0.2) is 72.9 Å². The maximum absolute atomic E-state index is 2.39. The van der Waals surface area contributed by atoms with Crippen LogP contribution < -0.4 is 9.30 Å². The average Bonchev–Trinajstić information content (AvgIpc) is 3.08. The molecule has 128 valence electrons. The molecular weight excluding hydrogens is 318 g/mol. The molecule has 0 saturated carbocycles. The first-order valence-electron chi connectivity index (χ1n) is 9.32. The van der Waals surface area contributed by atoms with Gasteiger partial charge in [-0.25, -0.2) is 0 Å². The molecule has 0 atom stereocenters. The van der Waals surface area contributed by atoms with Gasteiger partial charge >= 0.3 is 0 Å². The van der Waals surface area contributed by atoms with Crippen molar-refractivity contribution >= 4 is 38.7 Å². The lowest BCUT2D eigenvalue weighted by molar-refractivity contribution is -0.479. The third-order valence-corrected chi connectivity index (χ3v) is 5.42. The number of pyridine rings is 2. The predicted octanol–water partition coefficient (Wildman–Crippen LogP) is 4.83. The summed E-state index contributed by atoms with van der Waals surface area (Å²) in [7, 11) is 0. The van der Waals surface area contributed by atoms with Gasteiger partial charge in [-0.2, -0.15) is 8.80 Å². The van der Waals surface area contributed by atoms with Crippen molar-refractivity contribution in [2.24, 2.45) is 0 Å². The van der Waals surface area contributed by atoms with Crippen molar-refractivity contribution in [3.05, 3.63) is 72.9 Å². The molecule has 5 rings (SSSR count). The van der Waals surface area contributed by atoms with Gasteiger partial charge < -0.3 is 4.90 Å². The summed E-state index contributed by atoms with van der Waals surface area (Å²) in [6, 6.07) is 24.2. The van der Waals surface area contributed by atoms with Crippen molar-refractivity contribution in [3.63, 3.8) is 0 Å². The van der Waals surface area contributed by atoms with E-state index in [2.05, 4.69) is 100 Å². The van der Waals surface area contributed by atoms with Crippen LogP contribution in [0.1, 0.15) is 13.8 Å². The SMILES string of the molecule is CCN(CC)c1ccc2c(ccc3c[n+]4c5ccccc5ccc4n32)c1. The Bertz CT molecular complexity index is 1260. The minimum atomic E-state index is 1.03. The van der Waals surface area contributed by atoms with Gasteiger partial charge in [0, 0.05) is 35.6 Å². The summed E-state index contributed by atoms with van der Waals surface area (Å²) in [6.45, 7) is 6.47. The Kier molecular flexibility index (Phi) is 3.35. The number of fused-ring (bicyclic) bond motifs is 7. The van der Waals surface area contributed by atoms with E-state index in [0.717, 1.165) is 13.1 Å². The Balaban J connectivity index is 1.85. The van der Waals surface area contributed by atoms with Gasteiger partial charge in [0.15, 0.2) is 5.52 Å². The van der Waals surface area contributed by atoms with Crippen LogP contribution in [-0.2, 0) is 0 Å². The molecule has 3 heterocycles. The van der Waals surface area contributed by atoms with E-state index in [-0.39, 0.29) is 0 Å². The molecule has 5 aromatic rings. The van der Waals surface area contributed by atoms with Gasteiger partial charge in [0.1, 0.15) is 17.2 Å². The summed E-state index contributed by atoms with van der Waals surface area (Å²) in [5, 5.41) is 2.53. The zero-order chi connectivity index (χ0) is 17.7. The predicted molar refractivity (Wildman–Crippen MR) is 109 cm³/mol. The van der Waals surface area contributed by atoms with E-state index in [4.69, 9.17) is 0 Å². The summed E-state index contributed by atoms with van der Waals surface area (Å²) in [5.74, 6) is 0. The Morgan fingerprint density at radius 3 is 2.50 bits per heavy atom. The third-order valence-electron chi connectivity index (χ3n) is 5.42. The molecular formula is C23H22N3+. The Morgan fingerprint density at radius 1 is 0.846 bits per heavy atom. The number of hydrogen-bond acceptors (Lipinski definition) is 1. The van der Waals surface area contributed by atoms with E-state index in [0.29, 0.717) is 0 Å². The standard InChI is InChI=1S/C23H22N3/c1-3-24(4-2)19-12-13-22-18(15-19)9-11-20-16-25-21-8-6-5-7-17(21)10-14-23(25)26(20)22/h5-16H,3-4H2,1-2H3/q+1. The van der Waals surface area contributed by atoms with Gasteiger partial charge in [-0.15, -0.1) is 0 Å². The number of benzene rings is 2. The number of hydrogen-bond donors (Lipinski definition) is 0. The summed E-state index contributed by atoms with van der Waals surface area (Å²) >= 11 is 0. The summed E-state index contributed by atoms with van der Waals surface area (Å²) in [4.78, 5) is 2.39. The second kappa shape index (κ2) is 5.73. The van der Waals surface area contributed by atoms with Crippen molar-refractivity contribution < 1.29 is 4.40 Å². The molecule has 0 aliphatic rings. The van der Waals surface area contributed by atoms with Gasteiger partial charge in [-0.05, 0) is 56.3 Å². The maximum Gasteiger partial charge on any atom is 0.292 e. The molecule has 0 radical (unpaired) electrons. The fourth-order valence-electron chi connectivity index (χ4n) is 4.08. The van der Waals surface area contributed by atoms with Crippen molar-refractivity contribution in [1.82, 2.24) is 4.40 Å². The van der Waals surface area contributed by atoms with Crippen LogP contribution >= 0.6 is 0 Å². The minimum absolute atomic E-state index is 1.03. The van der Waals surface area contributed by atoms with Crippen molar-refractivity contribution in [2.45, 2.75) is 13.8 Å². The van der Waals surface area contributed by atoms with Gasteiger partial charge in [-0.1, -0.05) is 18.2 Å². The third kappa shape index (κ3) is 2.10. The summed E-state index contributed by atoms with van der Waals surface area (Å²) in [5.41, 5.74) is 6.18. The molecule has 0 aliphatic carbocycles. The van der Waals surface area contributed by atoms with Gasteiger partial charge in [0.25, 0.3) is 5.65 Å². The smallest absolute Gasteiger partial charge is 0.292 e. The lowest BCUT2D eigenvalue weighted by Crippen LogP contribution is -2.21. The van der Waals surface area contributed by atoms with Gasteiger partial charge in [0.05, 0.1) is 0 Å². The molecule has 0 unspecified atom stereocenters. The quantitative estimate of drug-likeness (QED) is 0.428. The Hall–Kier alpha value is -3.07. The van der Waals surface area contributed by atoms with E-state index in [1.807, 2.05) is 0 Å². The summed E-state index contributed by atoms with van der Waals surface area (Å²) < 4.78 is 4.65. The number of imidazole rings is 1. The topological polar surface area (TPSA) is 11.8 Å². The van der Waals surface area contributed by atoms with Crippen molar-refractivity contribution in [2.75, 3.05) is 18.0 Å². The fourth-order valence-corrected chi connectivity index (χ4v) is 4.08. The maximum atomic E-state index is 2.39. The van der Waals surface area contributed by atoms with Crippen LogP contribution in [-0.4, -0.2) is 17.5 Å². The highest BCUT2D eigenvalue weighted by molar-refractivity contribution is 5.88. The van der Waals surface area contributed by atoms with Crippen LogP contribution in [0.5, 0.6) is 0 Å². The molecule has 26 heavy (non-hydrogen) atoms. The lowest BCUT2D eigenvalue weighted by Gasteiger charge is -2.21. The highest BCUT2D eigenvalue weighted by atomic mass is 15.1. The lowest BCUT2D eigenvalue weighted by atomic mass is 10.1. The Labute approximate surface area is 152 Å². The molecule has 3 heteroatoms. The molecule has 0 N–H and O–H groups in total. The first-order chi connectivity index (χ1) is 12.8. The van der Waals surface area contributed by atoms with Gasteiger partial charge in [0.2, 0.25) is 0 Å². The van der Waals surface area contributed by atoms with Crippen molar-refractivity contribution in [1.29, 1.82) is 0 Å². The number of anilines is 1. The normalized spacial score (nSPS) is 11.8. The second-order valence-corrected chi connectivity index (χ2v) is 6.76. The highest BCUT2D eigenvalue weighted by Crippen LogP contribution is 2.25. The molecule has 3 aromatic heterocycles.